The SMILES string of the molecule is CC(C)(C)c1ccc(C(O)(CC/C=C/c2ccccc2)N2CCCCC2)c(O)c1. The number of allylic oxidation sites excluding steroid dienone is 1. The number of phenols is 1. The van der Waals surface area contributed by atoms with Crippen LogP contribution < -0.4 is 0 Å². The van der Waals surface area contributed by atoms with Gasteiger partial charge in [0.05, 0.1) is 0 Å². The highest BCUT2D eigenvalue weighted by molar-refractivity contribution is 5.48. The first-order valence-corrected chi connectivity index (χ1v) is 10.8. The Balaban J connectivity index is 1.84. The highest BCUT2D eigenvalue weighted by atomic mass is 16.3. The average molecular weight is 394 g/mol. The first-order chi connectivity index (χ1) is 13.8. The van der Waals surface area contributed by atoms with Gasteiger partial charge < -0.3 is 10.2 Å². The number of piperidine rings is 1. The minimum Gasteiger partial charge on any atom is -0.507 e. The minimum atomic E-state index is -1.15. The molecule has 0 bridgehead atoms. The molecule has 0 spiro atoms. The van der Waals surface area contributed by atoms with E-state index < -0.39 is 5.72 Å². The molecule has 2 N–H and O–H groups in total. The molecule has 0 aromatic heterocycles. The Morgan fingerprint density at radius 3 is 2.28 bits per heavy atom. The molecule has 1 unspecified atom stereocenters. The van der Waals surface area contributed by atoms with E-state index >= 15 is 0 Å². The van der Waals surface area contributed by atoms with Crippen molar-refractivity contribution in [2.24, 2.45) is 0 Å². The van der Waals surface area contributed by atoms with E-state index in [1.54, 1.807) is 0 Å². The number of hydrogen-bond acceptors (Lipinski definition) is 3. The number of benzene rings is 2. The number of rotatable bonds is 6. The Hall–Kier alpha value is -2.10. The fourth-order valence-electron chi connectivity index (χ4n) is 4.13. The molecule has 0 aliphatic carbocycles. The average Bonchev–Trinajstić information content (AvgIpc) is 2.72. The van der Waals surface area contributed by atoms with E-state index in [1.807, 2.05) is 36.4 Å². The van der Waals surface area contributed by atoms with E-state index in [2.05, 4.69) is 50.0 Å². The van der Waals surface area contributed by atoms with Crippen LogP contribution in [0.1, 0.15) is 69.6 Å². The number of nitrogens with zero attached hydrogens (tertiary/aromatic N) is 1. The van der Waals surface area contributed by atoms with Gasteiger partial charge in [0.25, 0.3) is 0 Å². The lowest BCUT2D eigenvalue weighted by Gasteiger charge is -2.42. The normalized spacial score (nSPS) is 18.1. The van der Waals surface area contributed by atoms with Crippen LogP contribution in [0.15, 0.2) is 54.6 Å². The summed E-state index contributed by atoms with van der Waals surface area (Å²) in [4.78, 5) is 2.15. The van der Waals surface area contributed by atoms with Crippen molar-refractivity contribution in [3.05, 3.63) is 71.3 Å². The first-order valence-electron chi connectivity index (χ1n) is 10.8. The Morgan fingerprint density at radius 1 is 0.966 bits per heavy atom. The molecular weight excluding hydrogens is 358 g/mol. The monoisotopic (exact) mass is 393 g/mol. The maximum Gasteiger partial charge on any atom is 0.148 e. The lowest BCUT2D eigenvalue weighted by Crippen LogP contribution is -2.48. The molecule has 1 aliphatic heterocycles. The van der Waals surface area contributed by atoms with E-state index in [-0.39, 0.29) is 11.2 Å². The third-order valence-electron chi connectivity index (χ3n) is 5.94. The van der Waals surface area contributed by atoms with Crippen molar-refractivity contribution < 1.29 is 10.2 Å². The summed E-state index contributed by atoms with van der Waals surface area (Å²) in [6.45, 7) is 8.12. The third-order valence-corrected chi connectivity index (χ3v) is 5.94. The van der Waals surface area contributed by atoms with Gasteiger partial charge in [-0.2, -0.15) is 0 Å². The molecule has 156 valence electrons. The van der Waals surface area contributed by atoms with E-state index in [1.165, 1.54) is 6.42 Å². The van der Waals surface area contributed by atoms with Crippen LogP contribution in [0.2, 0.25) is 0 Å². The number of aliphatic hydroxyl groups is 1. The van der Waals surface area contributed by atoms with Crippen LogP contribution in [0.25, 0.3) is 6.08 Å². The van der Waals surface area contributed by atoms with Crippen molar-refractivity contribution in [1.29, 1.82) is 0 Å². The molecule has 1 heterocycles. The van der Waals surface area contributed by atoms with Crippen molar-refractivity contribution >= 4 is 6.08 Å². The molecule has 0 saturated carbocycles. The highest BCUT2D eigenvalue weighted by Gasteiger charge is 2.38. The predicted molar refractivity (Wildman–Crippen MR) is 121 cm³/mol. The van der Waals surface area contributed by atoms with Crippen LogP contribution >= 0.6 is 0 Å². The van der Waals surface area contributed by atoms with Crippen molar-refractivity contribution in [2.45, 2.75) is 64.0 Å². The van der Waals surface area contributed by atoms with E-state index in [0.717, 1.165) is 43.5 Å². The predicted octanol–water partition coefficient (Wildman–Crippen LogP) is 5.81. The molecule has 1 fully saturated rings. The summed E-state index contributed by atoms with van der Waals surface area (Å²) < 4.78 is 0. The topological polar surface area (TPSA) is 43.7 Å². The molecule has 1 atom stereocenters. The van der Waals surface area contributed by atoms with Gasteiger partial charge in [-0.05, 0) is 48.3 Å². The van der Waals surface area contributed by atoms with Crippen LogP contribution in [0.4, 0.5) is 0 Å². The van der Waals surface area contributed by atoms with Crippen LogP contribution in [-0.2, 0) is 11.1 Å². The summed E-state index contributed by atoms with van der Waals surface area (Å²) in [6, 6.07) is 16.0. The van der Waals surface area contributed by atoms with Crippen LogP contribution in [0.3, 0.4) is 0 Å². The molecule has 1 aliphatic rings. The van der Waals surface area contributed by atoms with Crippen LogP contribution in [0.5, 0.6) is 5.75 Å². The fraction of sp³-hybridized carbons (Fsp3) is 0.462. The van der Waals surface area contributed by atoms with Crippen LogP contribution in [0, 0.1) is 0 Å². The summed E-state index contributed by atoms with van der Waals surface area (Å²) >= 11 is 0. The Bertz CT molecular complexity index is 816. The zero-order valence-corrected chi connectivity index (χ0v) is 18.1. The zero-order chi connectivity index (χ0) is 20.9. The molecule has 1 saturated heterocycles. The Morgan fingerprint density at radius 2 is 1.66 bits per heavy atom. The molecule has 3 heteroatoms. The number of hydrogen-bond donors (Lipinski definition) is 2. The highest BCUT2D eigenvalue weighted by Crippen LogP contribution is 2.39. The quantitative estimate of drug-likeness (QED) is 0.650. The van der Waals surface area contributed by atoms with Gasteiger partial charge in [-0.3, -0.25) is 4.90 Å². The Labute approximate surface area is 175 Å². The van der Waals surface area contributed by atoms with Crippen molar-refractivity contribution in [3.8, 4) is 5.75 Å². The summed E-state index contributed by atoms with van der Waals surface area (Å²) in [5.74, 6) is 0.192. The van der Waals surface area contributed by atoms with Crippen molar-refractivity contribution in [3.63, 3.8) is 0 Å². The first kappa shape index (κ1) is 21.6. The number of phenolic OH excluding ortho intramolecular Hbond substituents is 1. The van der Waals surface area contributed by atoms with Gasteiger partial charge in [0.15, 0.2) is 0 Å². The summed E-state index contributed by atoms with van der Waals surface area (Å²) in [6.07, 6.45) is 8.88. The van der Waals surface area contributed by atoms with Gasteiger partial charge in [0.2, 0.25) is 0 Å². The second-order valence-corrected chi connectivity index (χ2v) is 9.20. The van der Waals surface area contributed by atoms with Gasteiger partial charge in [0, 0.05) is 18.7 Å². The molecule has 0 amide bonds. The standard InChI is InChI=1S/C26H35NO2/c1-25(2,3)22-15-16-23(24(28)20-22)26(29,27-18-10-5-11-19-27)17-9-8-14-21-12-6-4-7-13-21/h4,6-8,12-16,20,28-29H,5,9-11,17-19H2,1-3H3/b14-8+. The molecule has 3 nitrogen and oxygen atoms in total. The van der Waals surface area contributed by atoms with Crippen LogP contribution in [-0.4, -0.2) is 28.2 Å². The van der Waals surface area contributed by atoms with E-state index in [0.29, 0.717) is 12.0 Å². The molecule has 3 rings (SSSR count). The summed E-state index contributed by atoms with van der Waals surface area (Å²) in [5, 5.41) is 22.7. The van der Waals surface area contributed by atoms with Gasteiger partial charge in [0.1, 0.15) is 11.5 Å². The van der Waals surface area contributed by atoms with Gasteiger partial charge in [-0.25, -0.2) is 0 Å². The second kappa shape index (κ2) is 9.15. The van der Waals surface area contributed by atoms with Gasteiger partial charge in [-0.1, -0.05) is 81.8 Å². The number of likely N-dealkylation sites (tertiary alicyclic amines) is 1. The number of aromatic hydroxyl groups is 1. The van der Waals surface area contributed by atoms with Crippen molar-refractivity contribution in [2.75, 3.05) is 13.1 Å². The molecule has 29 heavy (non-hydrogen) atoms. The molecule has 2 aromatic rings. The van der Waals surface area contributed by atoms with E-state index in [9.17, 15) is 10.2 Å². The Kier molecular flexibility index (Phi) is 6.81. The summed E-state index contributed by atoms with van der Waals surface area (Å²) in [5.41, 5.74) is 1.66. The molecular formula is C26H35NO2. The fourth-order valence-corrected chi connectivity index (χ4v) is 4.13. The van der Waals surface area contributed by atoms with Gasteiger partial charge >= 0.3 is 0 Å². The lowest BCUT2D eigenvalue weighted by molar-refractivity contribution is -0.130. The largest absolute Gasteiger partial charge is 0.507 e. The molecule has 2 aromatic carbocycles. The van der Waals surface area contributed by atoms with Gasteiger partial charge in [-0.15, -0.1) is 0 Å². The molecule has 0 radical (unpaired) electrons. The van der Waals surface area contributed by atoms with E-state index in [4.69, 9.17) is 0 Å². The smallest absolute Gasteiger partial charge is 0.148 e. The minimum absolute atomic E-state index is 0.0440. The maximum absolute atomic E-state index is 11.8. The lowest BCUT2D eigenvalue weighted by atomic mass is 9.84. The van der Waals surface area contributed by atoms with Crippen molar-refractivity contribution in [1.82, 2.24) is 4.90 Å². The maximum atomic E-state index is 11.8. The zero-order valence-electron chi connectivity index (χ0n) is 18.1. The third kappa shape index (κ3) is 5.29. The second-order valence-electron chi connectivity index (χ2n) is 9.20. The summed E-state index contributed by atoms with van der Waals surface area (Å²) in [7, 11) is 0.